The minimum atomic E-state index is -3.75. The number of nitrogens with zero attached hydrogens (tertiary/aromatic N) is 2. The summed E-state index contributed by atoms with van der Waals surface area (Å²) in [6.07, 6.45) is -1.72. The van der Waals surface area contributed by atoms with E-state index in [2.05, 4.69) is 0 Å². The zero-order valence-corrected chi connectivity index (χ0v) is 11.8. The molecule has 0 saturated heterocycles. The summed E-state index contributed by atoms with van der Waals surface area (Å²) in [7, 11) is -1.35. The van der Waals surface area contributed by atoms with E-state index < -0.39 is 16.2 Å². The molecule has 0 saturated carbocycles. The van der Waals surface area contributed by atoms with Crippen molar-refractivity contribution in [2.45, 2.75) is 11.8 Å². The molecule has 0 aliphatic heterocycles. The van der Waals surface area contributed by atoms with Crippen LogP contribution in [0.15, 0.2) is 29.2 Å². The predicted octanol–water partition coefficient (Wildman–Crippen LogP) is 2.20. The van der Waals surface area contributed by atoms with E-state index in [-0.39, 0.29) is 4.90 Å². The molecule has 1 rings (SSSR count). The van der Waals surface area contributed by atoms with Crippen LogP contribution in [0.25, 0.3) is 0 Å². The molecule has 0 bridgehead atoms. The van der Waals surface area contributed by atoms with Crippen molar-refractivity contribution in [2.75, 3.05) is 14.1 Å². The third-order valence-corrected chi connectivity index (χ3v) is 5.04. The van der Waals surface area contributed by atoms with Crippen molar-refractivity contribution >= 4 is 28.3 Å². The zero-order valence-electron chi connectivity index (χ0n) is 10.1. The van der Waals surface area contributed by atoms with Gasteiger partial charge in [0, 0.05) is 14.1 Å². The summed E-state index contributed by atoms with van der Waals surface area (Å²) in [4.78, 5) is 10.5. The van der Waals surface area contributed by atoms with E-state index in [1.54, 1.807) is 19.1 Å². The second kappa shape index (κ2) is 5.68. The first-order chi connectivity index (χ1) is 8.25. The van der Waals surface area contributed by atoms with Crippen molar-refractivity contribution in [2.24, 2.45) is 0 Å². The maximum Gasteiger partial charge on any atom is 0.410 e. The Morgan fingerprint density at radius 3 is 2.44 bits per heavy atom. The number of carbonyl (C=O) groups is 1. The number of carbonyl (C=O) groups excluding carboxylic acids is 1. The Bertz CT molecular complexity index is 548. The lowest BCUT2D eigenvalue weighted by Crippen LogP contribution is -2.27. The Morgan fingerprint density at radius 1 is 1.33 bits per heavy atom. The second-order valence-electron chi connectivity index (χ2n) is 3.56. The van der Waals surface area contributed by atoms with E-state index >= 15 is 0 Å². The van der Waals surface area contributed by atoms with Crippen LogP contribution in [0.1, 0.15) is 5.56 Å². The van der Waals surface area contributed by atoms with Crippen molar-refractivity contribution < 1.29 is 17.6 Å². The summed E-state index contributed by atoms with van der Waals surface area (Å²) in [6.45, 7) is 1.77. The van der Waals surface area contributed by atoms with Gasteiger partial charge in [-0.3, -0.25) is 0 Å². The highest BCUT2D eigenvalue weighted by Crippen LogP contribution is 2.23. The van der Waals surface area contributed by atoms with Crippen molar-refractivity contribution in [3.63, 3.8) is 0 Å². The van der Waals surface area contributed by atoms with Crippen molar-refractivity contribution in [3.05, 3.63) is 29.8 Å². The van der Waals surface area contributed by atoms with Gasteiger partial charge in [0.1, 0.15) is 0 Å². The van der Waals surface area contributed by atoms with Crippen LogP contribution in [-0.2, 0) is 10.0 Å². The molecular formula is C10H13FN2O3S2. The lowest BCUT2D eigenvalue weighted by molar-refractivity contribution is 0.209. The Labute approximate surface area is 110 Å². The van der Waals surface area contributed by atoms with E-state index in [1.807, 2.05) is 0 Å². The summed E-state index contributed by atoms with van der Waals surface area (Å²) in [6, 6.07) is 6.33. The van der Waals surface area contributed by atoms with Gasteiger partial charge in [0.25, 0.3) is 10.0 Å². The number of hydrogen-bond acceptors (Lipinski definition) is 4. The largest absolute Gasteiger partial charge is 0.410 e. The molecule has 100 valence electrons. The second-order valence-corrected chi connectivity index (χ2v) is 7.02. The number of rotatable bonds is 4. The van der Waals surface area contributed by atoms with Gasteiger partial charge in [-0.1, -0.05) is 12.1 Å². The minimum absolute atomic E-state index is 0.0946. The van der Waals surface area contributed by atoms with E-state index in [4.69, 9.17) is 0 Å². The molecule has 1 amide bonds. The summed E-state index contributed by atoms with van der Waals surface area (Å²) in [5, 5.41) is 0. The molecule has 0 heterocycles. The predicted molar refractivity (Wildman–Crippen MR) is 68.0 cm³/mol. The molecular weight excluding hydrogens is 279 g/mol. The number of amides is 1. The molecule has 5 nitrogen and oxygen atoms in total. The SMILES string of the molecule is Cc1cccc(S(=O)(=O)N(C)SN(C)C(=O)F)c1. The molecule has 0 atom stereocenters. The highest BCUT2D eigenvalue weighted by Gasteiger charge is 2.24. The lowest BCUT2D eigenvalue weighted by Gasteiger charge is -2.19. The molecule has 1 aromatic rings. The van der Waals surface area contributed by atoms with Gasteiger partial charge in [-0.2, -0.15) is 0 Å². The van der Waals surface area contributed by atoms with Crippen molar-refractivity contribution in [3.8, 4) is 0 Å². The van der Waals surface area contributed by atoms with Crippen LogP contribution >= 0.6 is 12.1 Å². The fourth-order valence-electron chi connectivity index (χ4n) is 1.17. The molecule has 0 aromatic heterocycles. The molecule has 1 aromatic carbocycles. The van der Waals surface area contributed by atoms with Crippen LogP contribution in [-0.4, -0.2) is 36.7 Å². The van der Waals surface area contributed by atoms with Gasteiger partial charge in [-0.15, -0.1) is 8.10 Å². The summed E-state index contributed by atoms with van der Waals surface area (Å²) in [5.74, 6) is 0. The normalized spacial score (nSPS) is 11.6. The van der Waals surface area contributed by atoms with Crippen LogP contribution in [0.4, 0.5) is 9.18 Å². The van der Waals surface area contributed by atoms with E-state index in [1.165, 1.54) is 19.2 Å². The Hall–Kier alpha value is -1.12. The number of aryl methyl sites for hydroxylation is 1. The van der Waals surface area contributed by atoms with E-state index in [9.17, 15) is 17.6 Å². The third kappa shape index (κ3) is 3.44. The standard InChI is InChI=1S/C10H13FN2O3S2/c1-8-5-4-6-9(7-8)18(15,16)13(3)17-12(2)10(11)14/h4-7H,1-3H3. The Morgan fingerprint density at radius 2 is 1.94 bits per heavy atom. The monoisotopic (exact) mass is 292 g/mol. The van der Waals surface area contributed by atoms with E-state index in [0.29, 0.717) is 16.4 Å². The van der Waals surface area contributed by atoms with Gasteiger partial charge in [0.2, 0.25) is 0 Å². The van der Waals surface area contributed by atoms with Crippen LogP contribution in [0.5, 0.6) is 0 Å². The average molecular weight is 292 g/mol. The zero-order chi connectivity index (χ0) is 13.9. The van der Waals surface area contributed by atoms with Crippen LogP contribution in [0.3, 0.4) is 0 Å². The topological polar surface area (TPSA) is 57.7 Å². The molecule has 0 unspecified atom stereocenters. The van der Waals surface area contributed by atoms with Crippen LogP contribution in [0, 0.1) is 6.92 Å². The van der Waals surface area contributed by atoms with Crippen molar-refractivity contribution in [1.82, 2.24) is 8.02 Å². The molecule has 0 radical (unpaired) electrons. The average Bonchev–Trinajstić information content (AvgIpc) is 2.28. The molecule has 8 heteroatoms. The van der Waals surface area contributed by atoms with Gasteiger partial charge >= 0.3 is 6.16 Å². The fourth-order valence-corrected chi connectivity index (χ4v) is 3.37. The lowest BCUT2D eigenvalue weighted by atomic mass is 10.2. The minimum Gasteiger partial charge on any atom is -0.247 e. The van der Waals surface area contributed by atoms with Gasteiger partial charge in [-0.25, -0.2) is 17.5 Å². The number of halogens is 1. The van der Waals surface area contributed by atoms with Gasteiger partial charge < -0.3 is 0 Å². The Kier molecular flexibility index (Phi) is 4.71. The van der Waals surface area contributed by atoms with Gasteiger partial charge in [-0.05, 0) is 24.6 Å². The molecule has 18 heavy (non-hydrogen) atoms. The molecule has 0 spiro atoms. The first-order valence-electron chi connectivity index (χ1n) is 4.92. The van der Waals surface area contributed by atoms with Crippen LogP contribution < -0.4 is 0 Å². The fraction of sp³-hybridized carbons (Fsp3) is 0.300. The van der Waals surface area contributed by atoms with Crippen molar-refractivity contribution in [1.29, 1.82) is 0 Å². The summed E-state index contributed by atoms with van der Waals surface area (Å²) >= 11 is 0.469. The first-order valence-corrected chi connectivity index (χ1v) is 7.09. The van der Waals surface area contributed by atoms with Gasteiger partial charge in [0.15, 0.2) is 0 Å². The number of hydrogen-bond donors (Lipinski definition) is 0. The first kappa shape index (κ1) is 14.9. The van der Waals surface area contributed by atoms with Crippen LogP contribution in [0.2, 0.25) is 0 Å². The highest BCUT2D eigenvalue weighted by atomic mass is 32.3. The number of benzene rings is 1. The summed E-state index contributed by atoms with van der Waals surface area (Å²) < 4.78 is 38.0. The third-order valence-electron chi connectivity index (χ3n) is 2.11. The maximum absolute atomic E-state index is 12.4. The molecule has 0 fully saturated rings. The van der Waals surface area contributed by atoms with E-state index in [0.717, 1.165) is 16.3 Å². The summed E-state index contributed by atoms with van der Waals surface area (Å²) in [5.41, 5.74) is 0.796. The Balaban J connectivity index is 2.97. The highest BCUT2D eigenvalue weighted by molar-refractivity contribution is 8.07. The maximum atomic E-state index is 12.4. The molecule has 0 N–H and O–H groups in total. The quantitative estimate of drug-likeness (QED) is 0.485. The molecule has 0 aliphatic rings. The number of sulfonamides is 1. The smallest absolute Gasteiger partial charge is 0.247 e. The molecule has 0 aliphatic carbocycles. The van der Waals surface area contributed by atoms with Gasteiger partial charge in [0.05, 0.1) is 17.0 Å².